The van der Waals surface area contributed by atoms with Gasteiger partial charge in [-0.15, -0.1) is 0 Å². The molecule has 3 aliphatic heterocycles. The maximum atomic E-state index is 13.2. The fourth-order valence-electron chi connectivity index (χ4n) is 5.21. The van der Waals surface area contributed by atoms with Gasteiger partial charge in [-0.3, -0.25) is 29.4 Å². The van der Waals surface area contributed by atoms with Crippen LogP contribution in [-0.2, 0) is 14.3 Å². The Kier molecular flexibility index (Phi) is 8.05. The van der Waals surface area contributed by atoms with Crippen molar-refractivity contribution in [2.24, 2.45) is 0 Å². The molecule has 2 N–H and O–H groups in total. The average Bonchev–Trinajstić information content (AvgIpc) is 3.11. The van der Waals surface area contributed by atoms with E-state index in [9.17, 15) is 24.0 Å². The van der Waals surface area contributed by atoms with Gasteiger partial charge in [-0.1, -0.05) is 6.07 Å². The minimum atomic E-state index is -0.983. The highest BCUT2D eigenvalue weighted by Gasteiger charge is 2.45. The molecule has 1 atom stereocenters. The van der Waals surface area contributed by atoms with Crippen LogP contribution in [0.2, 0.25) is 0 Å². The Hall–Kier alpha value is -3.47. The lowest BCUT2D eigenvalue weighted by atomic mass is 10.0. The van der Waals surface area contributed by atoms with Gasteiger partial charge < -0.3 is 19.9 Å². The van der Waals surface area contributed by atoms with E-state index in [1.54, 1.807) is 23.1 Å². The van der Waals surface area contributed by atoms with Crippen molar-refractivity contribution >= 4 is 35.4 Å². The molecule has 206 valence electrons. The van der Waals surface area contributed by atoms with E-state index in [2.05, 4.69) is 22.6 Å². The topological polar surface area (TPSA) is 128 Å². The van der Waals surface area contributed by atoms with Gasteiger partial charge >= 0.3 is 6.09 Å². The van der Waals surface area contributed by atoms with Crippen LogP contribution in [0.3, 0.4) is 0 Å². The highest BCUT2D eigenvalue weighted by Crippen LogP contribution is 2.32. The molecule has 38 heavy (non-hydrogen) atoms. The number of nitrogens with one attached hydrogen (secondary N) is 2. The summed E-state index contributed by atoms with van der Waals surface area (Å²) in [6.45, 7) is 8.35. The molecule has 0 bridgehead atoms. The molecule has 1 aromatic carbocycles. The molecule has 0 spiro atoms. The van der Waals surface area contributed by atoms with Crippen molar-refractivity contribution in [3.05, 3.63) is 29.3 Å². The fraction of sp³-hybridized carbons (Fsp3) is 0.593. The van der Waals surface area contributed by atoms with Crippen LogP contribution >= 0.6 is 0 Å². The number of fused-ring (bicyclic) bond motifs is 1. The predicted octanol–water partition coefficient (Wildman–Crippen LogP) is 2.22. The quantitative estimate of drug-likeness (QED) is 0.408. The SMILES string of the molecule is CN(CCCNc1cccc2c1C(=O)N(C1CCC(=O)NC1=O)C2=O)C1CCN(C(=O)OC(C)(C)C)CC1. The van der Waals surface area contributed by atoms with E-state index in [-0.39, 0.29) is 30.1 Å². The van der Waals surface area contributed by atoms with Crippen LogP contribution in [0, 0.1) is 0 Å². The van der Waals surface area contributed by atoms with Gasteiger partial charge in [-0.05, 0) is 72.2 Å². The van der Waals surface area contributed by atoms with Gasteiger partial charge in [0.2, 0.25) is 11.8 Å². The van der Waals surface area contributed by atoms with Crippen molar-refractivity contribution in [1.82, 2.24) is 20.0 Å². The van der Waals surface area contributed by atoms with Crippen molar-refractivity contribution in [3.8, 4) is 0 Å². The lowest BCUT2D eigenvalue weighted by Crippen LogP contribution is -2.54. The van der Waals surface area contributed by atoms with E-state index in [1.165, 1.54) is 0 Å². The van der Waals surface area contributed by atoms with E-state index >= 15 is 0 Å². The number of hydrogen-bond acceptors (Lipinski definition) is 8. The molecule has 4 rings (SSSR count). The number of ether oxygens (including phenoxy) is 1. The van der Waals surface area contributed by atoms with Crippen LogP contribution in [-0.4, -0.2) is 95.3 Å². The van der Waals surface area contributed by atoms with E-state index < -0.39 is 35.3 Å². The van der Waals surface area contributed by atoms with Crippen molar-refractivity contribution in [1.29, 1.82) is 0 Å². The van der Waals surface area contributed by atoms with Crippen molar-refractivity contribution in [2.75, 3.05) is 38.5 Å². The zero-order valence-corrected chi connectivity index (χ0v) is 22.5. The Morgan fingerprint density at radius 1 is 1.11 bits per heavy atom. The summed E-state index contributed by atoms with van der Waals surface area (Å²) in [7, 11) is 2.08. The van der Waals surface area contributed by atoms with Crippen LogP contribution in [0.1, 0.15) is 73.6 Å². The number of rotatable bonds is 7. The third kappa shape index (κ3) is 5.98. The van der Waals surface area contributed by atoms with Gasteiger partial charge in [-0.2, -0.15) is 0 Å². The van der Waals surface area contributed by atoms with Crippen LogP contribution in [0.5, 0.6) is 0 Å². The van der Waals surface area contributed by atoms with Crippen LogP contribution in [0.15, 0.2) is 18.2 Å². The Balaban J connectivity index is 1.27. The van der Waals surface area contributed by atoms with Crippen molar-refractivity contribution in [2.45, 2.75) is 70.6 Å². The second-order valence-electron chi connectivity index (χ2n) is 11.1. The summed E-state index contributed by atoms with van der Waals surface area (Å²) in [5.74, 6) is -2.05. The number of imide groups is 2. The minimum Gasteiger partial charge on any atom is -0.444 e. The number of hydrogen-bond donors (Lipinski definition) is 2. The van der Waals surface area contributed by atoms with Gasteiger partial charge in [0.1, 0.15) is 11.6 Å². The molecule has 0 aromatic heterocycles. The van der Waals surface area contributed by atoms with E-state index in [0.29, 0.717) is 31.4 Å². The first kappa shape index (κ1) is 27.6. The number of carbonyl (C=O) groups is 5. The third-order valence-corrected chi connectivity index (χ3v) is 7.21. The zero-order chi connectivity index (χ0) is 27.6. The van der Waals surface area contributed by atoms with Crippen molar-refractivity contribution in [3.63, 3.8) is 0 Å². The number of likely N-dealkylation sites (tertiary alicyclic amines) is 1. The second kappa shape index (κ2) is 11.1. The molecule has 5 amide bonds. The highest BCUT2D eigenvalue weighted by molar-refractivity contribution is 6.25. The molecular formula is C27H37N5O6. The normalized spacial score (nSPS) is 20.6. The number of nitrogens with zero attached hydrogens (tertiary/aromatic N) is 3. The molecule has 11 nitrogen and oxygen atoms in total. The summed E-state index contributed by atoms with van der Waals surface area (Å²) in [6.07, 6.45) is 2.52. The standard InChI is InChI=1S/C27H37N5O6/c1-27(2,3)38-26(37)31-15-11-17(12-16-31)30(4)14-6-13-28-19-8-5-7-18-22(19)25(36)32(24(18)35)20-9-10-21(33)29-23(20)34/h5,7-8,17,20,28H,6,9-16H2,1-4H3,(H,29,33,34). The first-order valence-corrected chi connectivity index (χ1v) is 13.2. The number of benzene rings is 1. The van der Waals surface area contributed by atoms with Gasteiger partial charge in [0, 0.05) is 37.8 Å². The Morgan fingerprint density at radius 2 is 1.82 bits per heavy atom. The Morgan fingerprint density at radius 3 is 2.47 bits per heavy atom. The van der Waals surface area contributed by atoms with Gasteiger partial charge in [0.25, 0.3) is 11.8 Å². The minimum absolute atomic E-state index is 0.0858. The molecule has 0 aliphatic carbocycles. The molecule has 2 saturated heterocycles. The maximum absolute atomic E-state index is 13.2. The first-order valence-electron chi connectivity index (χ1n) is 13.2. The average molecular weight is 528 g/mol. The van der Waals surface area contributed by atoms with E-state index in [0.717, 1.165) is 30.7 Å². The summed E-state index contributed by atoms with van der Waals surface area (Å²) in [6, 6.07) is 4.45. The Labute approximate surface area is 222 Å². The summed E-state index contributed by atoms with van der Waals surface area (Å²) < 4.78 is 5.47. The Bertz CT molecular complexity index is 1120. The molecule has 1 aromatic rings. The smallest absolute Gasteiger partial charge is 0.410 e. The zero-order valence-electron chi connectivity index (χ0n) is 22.5. The molecule has 11 heteroatoms. The van der Waals surface area contributed by atoms with Gasteiger partial charge in [-0.25, -0.2) is 4.79 Å². The molecular weight excluding hydrogens is 490 g/mol. The van der Waals surface area contributed by atoms with Gasteiger partial charge in [0.15, 0.2) is 0 Å². The number of carbonyl (C=O) groups excluding carboxylic acids is 5. The lowest BCUT2D eigenvalue weighted by molar-refractivity contribution is -0.136. The highest BCUT2D eigenvalue weighted by atomic mass is 16.6. The van der Waals surface area contributed by atoms with E-state index in [1.807, 2.05) is 20.8 Å². The maximum Gasteiger partial charge on any atom is 0.410 e. The van der Waals surface area contributed by atoms with E-state index in [4.69, 9.17) is 4.74 Å². The van der Waals surface area contributed by atoms with Gasteiger partial charge in [0.05, 0.1) is 11.1 Å². The molecule has 2 fully saturated rings. The lowest BCUT2D eigenvalue weighted by Gasteiger charge is -2.37. The number of anilines is 1. The second-order valence-corrected chi connectivity index (χ2v) is 11.1. The largest absolute Gasteiger partial charge is 0.444 e. The fourth-order valence-corrected chi connectivity index (χ4v) is 5.21. The monoisotopic (exact) mass is 527 g/mol. The van der Waals surface area contributed by atoms with Crippen LogP contribution in [0.25, 0.3) is 0 Å². The summed E-state index contributed by atoms with van der Waals surface area (Å²) in [4.78, 5) is 67.3. The molecule has 3 aliphatic rings. The number of amides is 5. The number of piperidine rings is 2. The molecule has 0 saturated carbocycles. The third-order valence-electron chi connectivity index (χ3n) is 7.21. The summed E-state index contributed by atoms with van der Waals surface area (Å²) in [5, 5.41) is 5.50. The molecule has 0 radical (unpaired) electrons. The molecule has 1 unspecified atom stereocenters. The van der Waals surface area contributed by atoms with Crippen LogP contribution < -0.4 is 10.6 Å². The summed E-state index contributed by atoms with van der Waals surface area (Å²) in [5.41, 5.74) is 0.588. The van der Waals surface area contributed by atoms with Crippen molar-refractivity contribution < 1.29 is 28.7 Å². The first-order chi connectivity index (χ1) is 18.0. The summed E-state index contributed by atoms with van der Waals surface area (Å²) >= 11 is 0. The molecule has 3 heterocycles. The predicted molar refractivity (Wildman–Crippen MR) is 140 cm³/mol. The van der Waals surface area contributed by atoms with Crippen LogP contribution in [0.4, 0.5) is 10.5 Å².